The first-order valence-electron chi connectivity index (χ1n) is 10.3. The van der Waals surface area contributed by atoms with Gasteiger partial charge in [0.25, 0.3) is 0 Å². The molecule has 4 nitrogen and oxygen atoms in total. The number of para-hydroxylation sites is 2. The first-order valence-corrected chi connectivity index (χ1v) is 10.3. The molecule has 0 amide bonds. The topological polar surface area (TPSA) is 42.5 Å². The monoisotopic (exact) mass is 444 g/mol. The smallest absolute Gasteiger partial charge is 0.406 e. The zero-order valence-electron chi connectivity index (χ0n) is 18.1. The van der Waals surface area contributed by atoms with Crippen LogP contribution in [0.5, 0.6) is 5.75 Å². The highest BCUT2D eigenvalue weighted by molar-refractivity contribution is 5.69. The van der Waals surface area contributed by atoms with E-state index in [-0.39, 0.29) is 11.8 Å². The Hall–Kier alpha value is -3.19. The summed E-state index contributed by atoms with van der Waals surface area (Å²) in [6, 6.07) is 22.2. The van der Waals surface area contributed by atoms with Crippen LogP contribution in [0.3, 0.4) is 0 Å². The van der Waals surface area contributed by atoms with Gasteiger partial charge in [0.1, 0.15) is 5.75 Å². The largest absolute Gasteiger partial charge is 0.573 e. The molecular weight excluding hydrogens is 417 g/mol. The van der Waals surface area contributed by atoms with Crippen LogP contribution >= 0.6 is 0 Å². The van der Waals surface area contributed by atoms with Crippen LogP contribution in [-0.2, 0) is 17.7 Å². The second-order valence-electron chi connectivity index (χ2n) is 7.58. The molecule has 1 atom stereocenters. The average Bonchev–Trinajstić information content (AvgIpc) is 2.75. The number of methoxy groups -OCH3 is 1. The van der Waals surface area contributed by atoms with Crippen LogP contribution in [0.25, 0.3) is 0 Å². The van der Waals surface area contributed by atoms with E-state index in [2.05, 4.69) is 46.6 Å². The van der Waals surface area contributed by atoms with Gasteiger partial charge in [-0.2, -0.15) is 0 Å². The third-order valence-electron chi connectivity index (χ3n) is 4.90. The van der Waals surface area contributed by atoms with Crippen molar-refractivity contribution in [2.45, 2.75) is 32.3 Å². The number of alkyl halides is 3. The second kappa shape index (κ2) is 10.9. The Bertz CT molecular complexity index is 974. The van der Waals surface area contributed by atoms with Crippen molar-refractivity contribution >= 4 is 11.4 Å². The third kappa shape index (κ3) is 7.50. The summed E-state index contributed by atoms with van der Waals surface area (Å²) in [6.45, 7) is 3.06. The first kappa shape index (κ1) is 23.5. The van der Waals surface area contributed by atoms with Crippen LogP contribution in [0, 0.1) is 6.92 Å². The average molecular weight is 444 g/mol. The summed E-state index contributed by atoms with van der Waals surface area (Å²) in [5.74, 6) is -0.234. The summed E-state index contributed by atoms with van der Waals surface area (Å²) in [4.78, 5) is 0. The normalized spacial score (nSPS) is 12.3. The molecule has 2 N–H and O–H groups in total. The molecule has 0 aliphatic heterocycles. The van der Waals surface area contributed by atoms with Crippen molar-refractivity contribution in [2.24, 2.45) is 0 Å². The van der Waals surface area contributed by atoms with Crippen LogP contribution in [0.1, 0.15) is 16.7 Å². The number of anilines is 2. The number of aryl methyl sites for hydroxylation is 1. The van der Waals surface area contributed by atoms with Gasteiger partial charge >= 0.3 is 6.36 Å². The molecule has 0 spiro atoms. The predicted molar refractivity (Wildman–Crippen MR) is 121 cm³/mol. The SMILES string of the molecule is COCC(Cc1ccc(C)cc1)Nc1ccccc1NCc1ccc(OC(F)(F)F)cc1. The Balaban J connectivity index is 1.64. The Morgan fingerprint density at radius 2 is 1.47 bits per heavy atom. The second-order valence-corrected chi connectivity index (χ2v) is 7.58. The van der Waals surface area contributed by atoms with Crippen molar-refractivity contribution in [3.05, 3.63) is 89.5 Å². The number of hydrogen-bond donors (Lipinski definition) is 2. The lowest BCUT2D eigenvalue weighted by atomic mass is 10.0. The Morgan fingerprint density at radius 1 is 0.844 bits per heavy atom. The van der Waals surface area contributed by atoms with E-state index in [0.717, 1.165) is 23.4 Å². The fraction of sp³-hybridized carbons (Fsp3) is 0.280. The summed E-state index contributed by atoms with van der Waals surface area (Å²) in [5.41, 5.74) is 5.10. The molecule has 3 aromatic carbocycles. The van der Waals surface area contributed by atoms with Crippen molar-refractivity contribution in [1.82, 2.24) is 0 Å². The van der Waals surface area contributed by atoms with Gasteiger partial charge in [-0.25, -0.2) is 0 Å². The van der Waals surface area contributed by atoms with Gasteiger partial charge in [0.2, 0.25) is 0 Å². The third-order valence-corrected chi connectivity index (χ3v) is 4.90. The maximum atomic E-state index is 12.3. The molecule has 0 aromatic heterocycles. The van der Waals surface area contributed by atoms with Crippen LogP contribution in [0.15, 0.2) is 72.8 Å². The van der Waals surface area contributed by atoms with E-state index < -0.39 is 6.36 Å². The van der Waals surface area contributed by atoms with Gasteiger partial charge in [-0.1, -0.05) is 54.1 Å². The van der Waals surface area contributed by atoms with Crippen molar-refractivity contribution in [3.8, 4) is 5.75 Å². The van der Waals surface area contributed by atoms with Gasteiger partial charge in [-0.05, 0) is 48.7 Å². The summed E-state index contributed by atoms with van der Waals surface area (Å²) >= 11 is 0. The fourth-order valence-electron chi connectivity index (χ4n) is 3.35. The molecule has 0 fully saturated rings. The molecule has 7 heteroatoms. The Kier molecular flexibility index (Phi) is 8.00. The van der Waals surface area contributed by atoms with Gasteiger partial charge in [-0.3, -0.25) is 0 Å². The highest BCUT2D eigenvalue weighted by Gasteiger charge is 2.30. The lowest BCUT2D eigenvalue weighted by molar-refractivity contribution is -0.274. The van der Waals surface area contributed by atoms with Crippen LogP contribution in [-0.4, -0.2) is 26.1 Å². The van der Waals surface area contributed by atoms with E-state index >= 15 is 0 Å². The summed E-state index contributed by atoms with van der Waals surface area (Å²) < 4.78 is 46.3. The molecule has 0 saturated heterocycles. The molecule has 3 rings (SSSR count). The highest BCUT2D eigenvalue weighted by atomic mass is 19.4. The minimum absolute atomic E-state index is 0.0736. The Morgan fingerprint density at radius 3 is 2.09 bits per heavy atom. The molecule has 32 heavy (non-hydrogen) atoms. The van der Waals surface area contributed by atoms with Gasteiger partial charge < -0.3 is 20.1 Å². The molecule has 0 radical (unpaired) electrons. The number of nitrogens with one attached hydrogen (secondary N) is 2. The molecule has 0 heterocycles. The molecule has 0 saturated carbocycles. The van der Waals surface area contributed by atoms with Crippen molar-refractivity contribution < 1.29 is 22.6 Å². The number of halogens is 3. The zero-order valence-corrected chi connectivity index (χ0v) is 18.1. The fourth-order valence-corrected chi connectivity index (χ4v) is 3.35. The quantitative estimate of drug-likeness (QED) is 0.392. The number of ether oxygens (including phenoxy) is 2. The summed E-state index contributed by atoms with van der Waals surface area (Å²) in [6.07, 6.45) is -3.88. The molecule has 0 aliphatic rings. The maximum Gasteiger partial charge on any atom is 0.573 e. The maximum absolute atomic E-state index is 12.3. The summed E-state index contributed by atoms with van der Waals surface area (Å²) in [5, 5.41) is 6.90. The number of hydrogen-bond acceptors (Lipinski definition) is 4. The first-order chi connectivity index (χ1) is 15.3. The molecule has 0 bridgehead atoms. The molecular formula is C25H27F3N2O2. The number of benzene rings is 3. The predicted octanol–water partition coefficient (Wildman–Crippen LogP) is 6.18. The van der Waals surface area contributed by atoms with Crippen LogP contribution < -0.4 is 15.4 Å². The molecule has 3 aromatic rings. The zero-order chi connectivity index (χ0) is 23.0. The van der Waals surface area contributed by atoms with Gasteiger partial charge in [0.05, 0.1) is 24.0 Å². The van der Waals surface area contributed by atoms with E-state index in [1.807, 2.05) is 24.3 Å². The lowest BCUT2D eigenvalue weighted by Gasteiger charge is -2.22. The minimum atomic E-state index is -4.69. The van der Waals surface area contributed by atoms with Crippen LogP contribution in [0.4, 0.5) is 24.5 Å². The van der Waals surface area contributed by atoms with Crippen molar-refractivity contribution in [2.75, 3.05) is 24.4 Å². The molecule has 0 aliphatic carbocycles. The van der Waals surface area contributed by atoms with E-state index in [1.54, 1.807) is 19.2 Å². The van der Waals surface area contributed by atoms with E-state index in [0.29, 0.717) is 13.2 Å². The van der Waals surface area contributed by atoms with E-state index in [4.69, 9.17) is 4.74 Å². The minimum Gasteiger partial charge on any atom is -0.406 e. The highest BCUT2D eigenvalue weighted by Crippen LogP contribution is 2.25. The van der Waals surface area contributed by atoms with Gasteiger partial charge in [-0.15, -0.1) is 13.2 Å². The van der Waals surface area contributed by atoms with Gasteiger partial charge in [0.15, 0.2) is 0 Å². The summed E-state index contributed by atoms with van der Waals surface area (Å²) in [7, 11) is 1.68. The molecule has 170 valence electrons. The van der Waals surface area contributed by atoms with Crippen LogP contribution in [0.2, 0.25) is 0 Å². The molecule has 1 unspecified atom stereocenters. The van der Waals surface area contributed by atoms with Gasteiger partial charge in [0, 0.05) is 13.7 Å². The number of rotatable bonds is 10. The van der Waals surface area contributed by atoms with E-state index in [9.17, 15) is 13.2 Å². The van der Waals surface area contributed by atoms with Crippen molar-refractivity contribution in [3.63, 3.8) is 0 Å². The van der Waals surface area contributed by atoms with E-state index in [1.165, 1.54) is 23.3 Å². The van der Waals surface area contributed by atoms with Crippen molar-refractivity contribution in [1.29, 1.82) is 0 Å². The standard InChI is InChI=1S/C25H27F3N2O2/c1-18-7-9-19(10-8-18)15-21(17-31-2)30-24-6-4-3-5-23(24)29-16-20-11-13-22(14-12-20)32-25(26,27)28/h3-14,21,29-30H,15-17H2,1-2H3. The Labute approximate surface area is 186 Å². The lowest BCUT2D eigenvalue weighted by Crippen LogP contribution is -2.28.